The fraction of sp³-hybridized carbons (Fsp3) is 0.267. The first-order valence-corrected chi connectivity index (χ1v) is 6.69. The van der Waals surface area contributed by atoms with Crippen LogP contribution in [0.3, 0.4) is 0 Å². The summed E-state index contributed by atoms with van der Waals surface area (Å²) in [5, 5.41) is 4.89. The number of anilines is 1. The van der Waals surface area contributed by atoms with Crippen molar-refractivity contribution in [1.82, 2.24) is 19.7 Å². The third-order valence-electron chi connectivity index (χ3n) is 3.37. The van der Waals surface area contributed by atoms with Gasteiger partial charge in [-0.3, -0.25) is 4.68 Å². The molecule has 0 saturated heterocycles. The van der Waals surface area contributed by atoms with Gasteiger partial charge in [0.2, 0.25) is 0 Å². The number of aryl methyl sites for hydroxylation is 3. The first kappa shape index (κ1) is 13.4. The van der Waals surface area contributed by atoms with Gasteiger partial charge in [-0.1, -0.05) is 12.1 Å². The van der Waals surface area contributed by atoms with E-state index in [0.29, 0.717) is 17.3 Å². The average Bonchev–Trinajstić information content (AvgIpc) is 2.82. The molecule has 1 aromatic carbocycles. The lowest BCUT2D eigenvalue weighted by atomic mass is 10.1. The van der Waals surface area contributed by atoms with Crippen molar-refractivity contribution >= 4 is 16.9 Å². The summed E-state index contributed by atoms with van der Waals surface area (Å²) >= 11 is 0. The Bertz CT molecular complexity index is 809. The zero-order valence-electron chi connectivity index (χ0n) is 12.3. The first-order valence-electron chi connectivity index (χ1n) is 6.69. The van der Waals surface area contributed by atoms with Crippen molar-refractivity contribution in [3.63, 3.8) is 0 Å². The third kappa shape index (κ3) is 2.52. The second-order valence-electron chi connectivity index (χ2n) is 5.09. The highest BCUT2D eigenvalue weighted by atomic mass is 16.5. The highest BCUT2D eigenvalue weighted by molar-refractivity contribution is 5.84. The fourth-order valence-electron chi connectivity index (χ4n) is 2.16. The number of rotatable bonds is 3. The predicted molar refractivity (Wildman–Crippen MR) is 81.0 cm³/mol. The standard InChI is InChI=1S/C15H17N5O/c1-9-4-5-10(2)12(6-9)21-8-13-18-14(16)11-7-17-20(3)15(11)19-13/h4-7H,8H2,1-3H3,(H2,16,18,19). The van der Waals surface area contributed by atoms with E-state index in [1.165, 1.54) is 0 Å². The van der Waals surface area contributed by atoms with Crippen LogP contribution in [0.15, 0.2) is 24.4 Å². The quantitative estimate of drug-likeness (QED) is 0.796. The van der Waals surface area contributed by atoms with Gasteiger partial charge in [-0.2, -0.15) is 5.10 Å². The van der Waals surface area contributed by atoms with E-state index in [-0.39, 0.29) is 6.61 Å². The largest absolute Gasteiger partial charge is 0.485 e. The van der Waals surface area contributed by atoms with Gasteiger partial charge in [0.25, 0.3) is 0 Å². The molecule has 0 fully saturated rings. The minimum Gasteiger partial charge on any atom is -0.485 e. The predicted octanol–water partition coefficient (Wildman–Crippen LogP) is 2.14. The van der Waals surface area contributed by atoms with Crippen LogP contribution in [0.5, 0.6) is 5.75 Å². The van der Waals surface area contributed by atoms with E-state index in [4.69, 9.17) is 10.5 Å². The van der Waals surface area contributed by atoms with E-state index in [1.807, 2.05) is 33.0 Å². The molecular formula is C15H17N5O. The molecule has 0 aliphatic heterocycles. The summed E-state index contributed by atoms with van der Waals surface area (Å²) in [5.74, 6) is 1.81. The van der Waals surface area contributed by atoms with E-state index in [0.717, 1.165) is 22.3 Å². The maximum absolute atomic E-state index is 5.93. The van der Waals surface area contributed by atoms with E-state index >= 15 is 0 Å². The molecule has 0 aliphatic rings. The van der Waals surface area contributed by atoms with Gasteiger partial charge in [0.05, 0.1) is 11.6 Å². The SMILES string of the molecule is Cc1ccc(C)c(OCc2nc(N)c3cnn(C)c3n2)c1. The van der Waals surface area contributed by atoms with Gasteiger partial charge in [0.15, 0.2) is 11.5 Å². The minimum absolute atomic E-state index is 0.273. The lowest BCUT2D eigenvalue weighted by molar-refractivity contribution is 0.294. The van der Waals surface area contributed by atoms with Crippen molar-refractivity contribution in [1.29, 1.82) is 0 Å². The molecule has 6 heteroatoms. The van der Waals surface area contributed by atoms with Crippen LogP contribution >= 0.6 is 0 Å². The number of ether oxygens (including phenoxy) is 1. The van der Waals surface area contributed by atoms with Crippen molar-refractivity contribution in [3.8, 4) is 5.75 Å². The van der Waals surface area contributed by atoms with Crippen molar-refractivity contribution < 1.29 is 4.74 Å². The Balaban J connectivity index is 1.88. The van der Waals surface area contributed by atoms with E-state index in [1.54, 1.807) is 10.9 Å². The van der Waals surface area contributed by atoms with Crippen molar-refractivity contribution in [2.45, 2.75) is 20.5 Å². The van der Waals surface area contributed by atoms with Crippen LogP contribution < -0.4 is 10.5 Å². The molecule has 0 saturated carbocycles. The summed E-state index contributed by atoms with van der Waals surface area (Å²) < 4.78 is 7.49. The topological polar surface area (TPSA) is 78.9 Å². The number of hydrogen-bond acceptors (Lipinski definition) is 5. The molecule has 2 heterocycles. The highest BCUT2D eigenvalue weighted by Crippen LogP contribution is 2.21. The zero-order valence-corrected chi connectivity index (χ0v) is 12.3. The Labute approximate surface area is 122 Å². The molecule has 0 spiro atoms. The number of fused-ring (bicyclic) bond motifs is 1. The first-order chi connectivity index (χ1) is 10.0. The number of nitrogen functional groups attached to an aromatic ring is 1. The molecule has 108 valence electrons. The van der Waals surface area contributed by atoms with Crippen molar-refractivity contribution in [2.24, 2.45) is 7.05 Å². The maximum atomic E-state index is 5.93. The fourth-order valence-corrected chi connectivity index (χ4v) is 2.16. The second kappa shape index (κ2) is 5.05. The summed E-state index contributed by atoms with van der Waals surface area (Å²) in [5.41, 5.74) is 8.87. The van der Waals surface area contributed by atoms with Crippen LogP contribution in [0.4, 0.5) is 5.82 Å². The molecule has 6 nitrogen and oxygen atoms in total. The van der Waals surface area contributed by atoms with E-state index in [9.17, 15) is 0 Å². The summed E-state index contributed by atoms with van der Waals surface area (Å²) in [7, 11) is 1.82. The van der Waals surface area contributed by atoms with Crippen LogP contribution in [-0.4, -0.2) is 19.7 Å². The van der Waals surface area contributed by atoms with Crippen molar-refractivity contribution in [3.05, 3.63) is 41.3 Å². The van der Waals surface area contributed by atoms with E-state index in [2.05, 4.69) is 21.1 Å². The number of benzene rings is 1. The van der Waals surface area contributed by atoms with E-state index < -0.39 is 0 Å². The van der Waals surface area contributed by atoms with Crippen molar-refractivity contribution in [2.75, 3.05) is 5.73 Å². The Kier molecular flexibility index (Phi) is 3.21. The average molecular weight is 283 g/mol. The molecule has 3 aromatic rings. The number of nitrogens with zero attached hydrogens (tertiary/aromatic N) is 4. The molecule has 3 rings (SSSR count). The van der Waals surface area contributed by atoms with Gasteiger partial charge in [-0.05, 0) is 31.0 Å². The third-order valence-corrected chi connectivity index (χ3v) is 3.37. The number of aromatic nitrogens is 4. The minimum atomic E-state index is 0.273. The summed E-state index contributed by atoms with van der Waals surface area (Å²) in [6.45, 7) is 4.31. The normalized spacial score (nSPS) is 11.0. The molecule has 2 N–H and O–H groups in total. The Hall–Kier alpha value is -2.63. The smallest absolute Gasteiger partial charge is 0.170 e. The van der Waals surface area contributed by atoms with Gasteiger partial charge < -0.3 is 10.5 Å². The van der Waals surface area contributed by atoms with Crippen LogP contribution in [0, 0.1) is 13.8 Å². The van der Waals surface area contributed by atoms with Gasteiger partial charge in [0.1, 0.15) is 18.2 Å². The monoisotopic (exact) mass is 283 g/mol. The van der Waals surface area contributed by atoms with Crippen LogP contribution in [0.2, 0.25) is 0 Å². The number of nitrogens with two attached hydrogens (primary N) is 1. The lowest BCUT2D eigenvalue weighted by Crippen LogP contribution is -2.06. The second-order valence-corrected chi connectivity index (χ2v) is 5.09. The molecule has 0 unspecified atom stereocenters. The molecule has 21 heavy (non-hydrogen) atoms. The van der Waals surface area contributed by atoms with Crippen LogP contribution in [0.1, 0.15) is 17.0 Å². The van der Waals surface area contributed by atoms with Gasteiger partial charge in [0, 0.05) is 7.05 Å². The Morgan fingerprint density at radius 3 is 2.86 bits per heavy atom. The van der Waals surface area contributed by atoms with Gasteiger partial charge in [-0.25, -0.2) is 9.97 Å². The summed E-state index contributed by atoms with van der Waals surface area (Å²) in [6, 6.07) is 6.09. The Morgan fingerprint density at radius 1 is 1.24 bits per heavy atom. The summed E-state index contributed by atoms with van der Waals surface area (Å²) in [6.07, 6.45) is 1.67. The molecular weight excluding hydrogens is 266 g/mol. The molecule has 0 atom stereocenters. The van der Waals surface area contributed by atoms with Gasteiger partial charge in [-0.15, -0.1) is 0 Å². The molecule has 0 radical (unpaired) electrons. The Morgan fingerprint density at radius 2 is 2.05 bits per heavy atom. The molecule has 0 bridgehead atoms. The van der Waals surface area contributed by atoms with Crippen LogP contribution in [0.25, 0.3) is 11.0 Å². The maximum Gasteiger partial charge on any atom is 0.170 e. The van der Waals surface area contributed by atoms with Crippen LogP contribution in [-0.2, 0) is 13.7 Å². The highest BCUT2D eigenvalue weighted by Gasteiger charge is 2.10. The lowest BCUT2D eigenvalue weighted by Gasteiger charge is -2.09. The van der Waals surface area contributed by atoms with Gasteiger partial charge >= 0.3 is 0 Å². The molecule has 0 aliphatic carbocycles. The molecule has 0 amide bonds. The number of hydrogen-bond donors (Lipinski definition) is 1. The summed E-state index contributed by atoms with van der Waals surface area (Å²) in [4.78, 5) is 8.72. The molecule has 2 aromatic heterocycles. The zero-order chi connectivity index (χ0) is 15.0.